The predicted molar refractivity (Wildman–Crippen MR) is 176 cm³/mol. The molecule has 1 N–H and O–H groups in total. The maximum atomic E-state index is 13.6. The number of benzene rings is 1. The monoisotopic (exact) mass is 633 g/mol. The standard InChI is InChI=1S/C28H40ClN3O5.C7H16/c1-26(2,3)37-24(34)30-22(17-20-7-9-21(29)10-8-20)23(33)31-15-13-27(4,14-16-31)18-32-25(35)36-19-28(32)11-5-6-12-28;1-3-5-7-6-4-2/h7-10,22H,5-6,11-19H2,1-4H3,(H,30,34);3-7H2,1-2H3. The molecule has 1 aromatic carbocycles. The lowest BCUT2D eigenvalue weighted by Crippen LogP contribution is -2.55. The first-order valence-electron chi connectivity index (χ1n) is 16.8. The van der Waals surface area contributed by atoms with Gasteiger partial charge < -0.3 is 19.7 Å². The van der Waals surface area contributed by atoms with E-state index >= 15 is 0 Å². The summed E-state index contributed by atoms with van der Waals surface area (Å²) in [6.07, 6.45) is 12.3. The largest absolute Gasteiger partial charge is 0.447 e. The second kappa shape index (κ2) is 16.2. The van der Waals surface area contributed by atoms with Crippen molar-refractivity contribution in [3.8, 4) is 0 Å². The maximum Gasteiger partial charge on any atom is 0.410 e. The summed E-state index contributed by atoms with van der Waals surface area (Å²) in [6.45, 7) is 14.3. The number of nitrogens with zero attached hydrogens (tertiary/aromatic N) is 2. The first-order chi connectivity index (χ1) is 20.8. The van der Waals surface area contributed by atoms with Crippen LogP contribution in [0, 0.1) is 5.41 Å². The molecular weight excluding hydrogens is 578 g/mol. The topological polar surface area (TPSA) is 88.2 Å². The maximum absolute atomic E-state index is 13.6. The van der Waals surface area contributed by atoms with Crippen LogP contribution in [0.25, 0.3) is 0 Å². The lowest BCUT2D eigenvalue weighted by Gasteiger charge is -2.44. The molecule has 0 radical (unpaired) electrons. The van der Waals surface area contributed by atoms with E-state index in [1.54, 1.807) is 32.9 Å². The van der Waals surface area contributed by atoms with Crippen molar-refractivity contribution in [1.82, 2.24) is 15.1 Å². The first kappa shape index (κ1) is 36.0. The summed E-state index contributed by atoms with van der Waals surface area (Å²) in [5, 5.41) is 3.41. The number of hydrogen-bond acceptors (Lipinski definition) is 5. The van der Waals surface area contributed by atoms with E-state index < -0.39 is 17.7 Å². The third-order valence-corrected chi connectivity index (χ3v) is 9.41. The van der Waals surface area contributed by atoms with Gasteiger partial charge in [-0.25, -0.2) is 9.59 Å². The van der Waals surface area contributed by atoms with Crippen LogP contribution in [-0.2, 0) is 20.7 Å². The Labute approximate surface area is 270 Å². The highest BCUT2D eigenvalue weighted by molar-refractivity contribution is 6.30. The number of carbonyl (C=O) groups excluding carboxylic acids is 3. The molecule has 3 amide bonds. The van der Waals surface area contributed by atoms with Crippen molar-refractivity contribution in [3.63, 3.8) is 0 Å². The molecule has 1 saturated carbocycles. The van der Waals surface area contributed by atoms with E-state index in [0.29, 0.717) is 37.7 Å². The minimum Gasteiger partial charge on any atom is -0.447 e. The van der Waals surface area contributed by atoms with E-state index in [0.717, 1.165) is 44.1 Å². The van der Waals surface area contributed by atoms with Crippen LogP contribution in [0.5, 0.6) is 0 Å². The third-order valence-electron chi connectivity index (χ3n) is 9.16. The summed E-state index contributed by atoms with van der Waals surface area (Å²) >= 11 is 6.03. The Bertz CT molecular complexity index is 1070. The summed E-state index contributed by atoms with van der Waals surface area (Å²) in [5.41, 5.74) is -0.0122. The van der Waals surface area contributed by atoms with Gasteiger partial charge in [-0.05, 0) is 69.6 Å². The van der Waals surface area contributed by atoms with Crippen LogP contribution in [0.15, 0.2) is 24.3 Å². The molecular formula is C35H56ClN3O5. The molecule has 4 rings (SSSR count). The molecule has 0 bridgehead atoms. The van der Waals surface area contributed by atoms with Crippen LogP contribution in [0.3, 0.4) is 0 Å². The fraction of sp³-hybridized carbons (Fsp3) is 0.743. The minimum absolute atomic E-state index is 0.0972. The molecule has 1 aliphatic carbocycles. The Morgan fingerprint density at radius 1 is 1.00 bits per heavy atom. The normalized spacial score (nSPS) is 19.7. The smallest absolute Gasteiger partial charge is 0.410 e. The number of halogens is 1. The van der Waals surface area contributed by atoms with Gasteiger partial charge >= 0.3 is 12.2 Å². The van der Waals surface area contributed by atoms with Crippen LogP contribution >= 0.6 is 11.6 Å². The van der Waals surface area contributed by atoms with E-state index in [1.165, 1.54) is 32.1 Å². The SMILES string of the molecule is CC1(CN2C(=O)OCC23CCCC3)CCN(C(=O)C(Cc2ccc(Cl)cc2)NC(=O)OC(C)(C)C)CC1.CCCCCCC. The van der Waals surface area contributed by atoms with Crippen molar-refractivity contribution in [3.05, 3.63) is 34.9 Å². The Morgan fingerprint density at radius 3 is 2.14 bits per heavy atom. The van der Waals surface area contributed by atoms with Gasteiger partial charge in [-0.3, -0.25) is 9.69 Å². The van der Waals surface area contributed by atoms with Gasteiger partial charge in [-0.1, -0.05) is 89.5 Å². The number of unbranched alkanes of at least 4 members (excludes halogenated alkanes) is 4. The van der Waals surface area contributed by atoms with Crippen LogP contribution in [0.2, 0.25) is 5.02 Å². The molecule has 1 atom stereocenters. The second-order valence-electron chi connectivity index (χ2n) is 14.3. The zero-order valence-corrected chi connectivity index (χ0v) is 28.8. The first-order valence-corrected chi connectivity index (χ1v) is 17.1. The lowest BCUT2D eigenvalue weighted by molar-refractivity contribution is -0.136. The number of alkyl carbamates (subject to hydrolysis) is 1. The number of nitrogens with one attached hydrogen (secondary N) is 1. The van der Waals surface area contributed by atoms with E-state index in [2.05, 4.69) is 26.1 Å². The Kier molecular flexibility index (Phi) is 13.2. The number of ether oxygens (including phenoxy) is 2. The molecule has 44 heavy (non-hydrogen) atoms. The molecule has 0 aromatic heterocycles. The Balaban J connectivity index is 0.000000676. The summed E-state index contributed by atoms with van der Waals surface area (Å²) in [4.78, 5) is 42.6. The van der Waals surface area contributed by atoms with Crippen molar-refractivity contribution in [2.75, 3.05) is 26.2 Å². The van der Waals surface area contributed by atoms with Gasteiger partial charge in [0.05, 0.1) is 5.54 Å². The number of amides is 3. The van der Waals surface area contributed by atoms with Crippen LogP contribution < -0.4 is 5.32 Å². The van der Waals surface area contributed by atoms with Gasteiger partial charge in [-0.2, -0.15) is 0 Å². The summed E-state index contributed by atoms with van der Waals surface area (Å²) in [7, 11) is 0. The molecule has 248 valence electrons. The zero-order valence-electron chi connectivity index (χ0n) is 28.0. The summed E-state index contributed by atoms with van der Waals surface area (Å²) < 4.78 is 10.9. The van der Waals surface area contributed by atoms with Gasteiger partial charge in [0.15, 0.2) is 0 Å². The number of piperidine rings is 1. The molecule has 8 nitrogen and oxygen atoms in total. The van der Waals surface area contributed by atoms with Crippen LogP contribution in [-0.4, -0.2) is 71.3 Å². The molecule has 9 heteroatoms. The highest BCUT2D eigenvalue weighted by Crippen LogP contribution is 2.43. The van der Waals surface area contributed by atoms with Crippen LogP contribution in [0.4, 0.5) is 9.59 Å². The van der Waals surface area contributed by atoms with Crippen molar-refractivity contribution >= 4 is 29.7 Å². The van der Waals surface area contributed by atoms with Crippen molar-refractivity contribution < 1.29 is 23.9 Å². The fourth-order valence-electron chi connectivity index (χ4n) is 6.44. The second-order valence-corrected chi connectivity index (χ2v) is 14.7. The summed E-state index contributed by atoms with van der Waals surface area (Å²) in [5.74, 6) is -0.129. The quantitative estimate of drug-likeness (QED) is 0.263. The van der Waals surface area contributed by atoms with Gasteiger partial charge in [0, 0.05) is 31.1 Å². The zero-order chi connectivity index (χ0) is 32.4. The number of likely N-dealkylation sites (tertiary alicyclic amines) is 1. The lowest BCUT2D eigenvalue weighted by atomic mass is 9.78. The molecule has 1 aromatic rings. The van der Waals surface area contributed by atoms with Crippen molar-refractivity contribution in [2.45, 2.75) is 136 Å². The fourth-order valence-corrected chi connectivity index (χ4v) is 6.56. The molecule has 1 unspecified atom stereocenters. The molecule has 2 aliphatic heterocycles. The number of hydrogen-bond donors (Lipinski definition) is 1. The molecule has 3 aliphatic rings. The van der Waals surface area contributed by atoms with Gasteiger partial charge in [0.25, 0.3) is 0 Å². The van der Waals surface area contributed by atoms with E-state index in [1.807, 2.05) is 21.9 Å². The number of carbonyl (C=O) groups is 3. The predicted octanol–water partition coefficient (Wildman–Crippen LogP) is 8.15. The molecule has 3 fully saturated rings. The average molecular weight is 634 g/mol. The highest BCUT2D eigenvalue weighted by Gasteiger charge is 2.51. The molecule has 2 heterocycles. The van der Waals surface area contributed by atoms with Crippen LogP contribution in [0.1, 0.15) is 118 Å². The van der Waals surface area contributed by atoms with E-state index in [4.69, 9.17) is 21.1 Å². The Morgan fingerprint density at radius 2 is 1.59 bits per heavy atom. The molecule has 2 saturated heterocycles. The van der Waals surface area contributed by atoms with Gasteiger partial charge in [-0.15, -0.1) is 0 Å². The number of cyclic esters (lactones) is 1. The van der Waals surface area contributed by atoms with Gasteiger partial charge in [0.2, 0.25) is 5.91 Å². The van der Waals surface area contributed by atoms with E-state index in [9.17, 15) is 14.4 Å². The van der Waals surface area contributed by atoms with Crippen molar-refractivity contribution in [1.29, 1.82) is 0 Å². The van der Waals surface area contributed by atoms with Crippen molar-refractivity contribution in [2.24, 2.45) is 5.41 Å². The minimum atomic E-state index is -0.754. The third kappa shape index (κ3) is 10.6. The number of rotatable bonds is 10. The molecule has 1 spiro atoms. The average Bonchev–Trinajstić information content (AvgIpc) is 3.56. The summed E-state index contributed by atoms with van der Waals surface area (Å²) in [6, 6.07) is 6.52. The van der Waals surface area contributed by atoms with E-state index in [-0.39, 0.29) is 23.0 Å². The highest BCUT2D eigenvalue weighted by atomic mass is 35.5. The van der Waals surface area contributed by atoms with Gasteiger partial charge in [0.1, 0.15) is 18.2 Å². The Hall–Kier alpha value is -2.48.